The van der Waals surface area contributed by atoms with Crippen molar-refractivity contribution in [2.45, 2.75) is 46.2 Å². The van der Waals surface area contributed by atoms with E-state index in [1.54, 1.807) is 0 Å². The summed E-state index contributed by atoms with van der Waals surface area (Å²) < 4.78 is 5.16. The summed E-state index contributed by atoms with van der Waals surface area (Å²) in [4.78, 5) is 6.77. The fraction of sp³-hybridized carbons (Fsp3) is 0.846. The van der Waals surface area contributed by atoms with Crippen LogP contribution in [0.1, 0.15) is 32.5 Å². The first-order valence-electron chi connectivity index (χ1n) is 6.83. The lowest BCUT2D eigenvalue weighted by molar-refractivity contribution is 0.121. The van der Waals surface area contributed by atoms with E-state index in [2.05, 4.69) is 41.1 Å². The molecule has 0 spiro atoms. The summed E-state index contributed by atoms with van der Waals surface area (Å²) in [7, 11) is 0. The standard InChI is InChI=1S/C13H24N4O/c1-9(2)12-8-17(10(3)7-14-12)6-5-13-15-11(4)16-18-13/h9-10,12,14H,5-8H2,1-4H3. The van der Waals surface area contributed by atoms with Crippen molar-refractivity contribution in [2.24, 2.45) is 5.92 Å². The van der Waals surface area contributed by atoms with Crippen LogP contribution in [0.3, 0.4) is 0 Å². The van der Waals surface area contributed by atoms with Crippen LogP contribution in [0.5, 0.6) is 0 Å². The zero-order chi connectivity index (χ0) is 13.1. The van der Waals surface area contributed by atoms with Gasteiger partial charge in [0.25, 0.3) is 0 Å². The highest BCUT2D eigenvalue weighted by Gasteiger charge is 2.26. The Morgan fingerprint density at radius 3 is 2.89 bits per heavy atom. The van der Waals surface area contributed by atoms with Gasteiger partial charge >= 0.3 is 0 Å². The number of piperazine rings is 1. The molecule has 0 radical (unpaired) electrons. The number of hydrogen-bond acceptors (Lipinski definition) is 5. The highest BCUT2D eigenvalue weighted by Crippen LogP contribution is 2.13. The molecule has 0 aliphatic carbocycles. The van der Waals surface area contributed by atoms with Crippen LogP contribution in [0.15, 0.2) is 4.52 Å². The molecule has 2 rings (SSSR count). The maximum atomic E-state index is 5.16. The van der Waals surface area contributed by atoms with Gasteiger partial charge < -0.3 is 9.84 Å². The molecule has 102 valence electrons. The predicted molar refractivity (Wildman–Crippen MR) is 70.4 cm³/mol. The lowest BCUT2D eigenvalue weighted by atomic mass is 10.00. The molecule has 1 N–H and O–H groups in total. The Balaban J connectivity index is 1.86. The van der Waals surface area contributed by atoms with Crippen molar-refractivity contribution < 1.29 is 4.52 Å². The van der Waals surface area contributed by atoms with Crippen LogP contribution in [0.4, 0.5) is 0 Å². The number of aryl methyl sites for hydroxylation is 1. The van der Waals surface area contributed by atoms with E-state index in [-0.39, 0.29) is 0 Å². The van der Waals surface area contributed by atoms with Gasteiger partial charge in [-0.15, -0.1) is 0 Å². The molecule has 5 nitrogen and oxygen atoms in total. The minimum absolute atomic E-state index is 0.573. The number of aromatic nitrogens is 2. The average molecular weight is 252 g/mol. The van der Waals surface area contributed by atoms with Gasteiger partial charge in [0.05, 0.1) is 0 Å². The van der Waals surface area contributed by atoms with Crippen molar-refractivity contribution in [1.82, 2.24) is 20.4 Å². The Hall–Kier alpha value is -0.940. The summed E-state index contributed by atoms with van der Waals surface area (Å²) in [5.74, 6) is 2.14. The lowest BCUT2D eigenvalue weighted by Gasteiger charge is -2.40. The van der Waals surface area contributed by atoms with Crippen molar-refractivity contribution in [3.8, 4) is 0 Å². The molecule has 0 aromatic carbocycles. The van der Waals surface area contributed by atoms with E-state index in [4.69, 9.17) is 4.52 Å². The van der Waals surface area contributed by atoms with Crippen LogP contribution in [0.2, 0.25) is 0 Å². The lowest BCUT2D eigenvalue weighted by Crippen LogP contribution is -2.57. The van der Waals surface area contributed by atoms with Crippen LogP contribution in [0.25, 0.3) is 0 Å². The first-order chi connectivity index (χ1) is 8.56. The van der Waals surface area contributed by atoms with Gasteiger partial charge in [-0.05, 0) is 19.8 Å². The van der Waals surface area contributed by atoms with E-state index < -0.39 is 0 Å². The van der Waals surface area contributed by atoms with Crippen molar-refractivity contribution in [2.75, 3.05) is 19.6 Å². The number of hydrogen-bond donors (Lipinski definition) is 1. The van der Waals surface area contributed by atoms with Gasteiger partial charge in [-0.3, -0.25) is 4.90 Å². The van der Waals surface area contributed by atoms with Gasteiger partial charge in [0.15, 0.2) is 5.82 Å². The van der Waals surface area contributed by atoms with E-state index in [0.717, 1.165) is 37.8 Å². The van der Waals surface area contributed by atoms with Crippen LogP contribution < -0.4 is 5.32 Å². The molecule has 1 aromatic heterocycles. The predicted octanol–water partition coefficient (Wildman–Crippen LogP) is 1.24. The molecule has 0 amide bonds. The molecular formula is C13H24N4O. The third-order valence-electron chi connectivity index (χ3n) is 3.72. The molecule has 5 heteroatoms. The third-order valence-corrected chi connectivity index (χ3v) is 3.72. The van der Waals surface area contributed by atoms with Gasteiger partial charge in [0, 0.05) is 38.1 Å². The zero-order valence-electron chi connectivity index (χ0n) is 11.8. The highest BCUT2D eigenvalue weighted by molar-refractivity contribution is 4.89. The quantitative estimate of drug-likeness (QED) is 0.873. The molecule has 2 atom stereocenters. The van der Waals surface area contributed by atoms with Gasteiger partial charge in [0.1, 0.15) is 0 Å². The summed E-state index contributed by atoms with van der Waals surface area (Å²) in [6.07, 6.45) is 0.843. The second kappa shape index (κ2) is 5.80. The largest absolute Gasteiger partial charge is 0.339 e. The maximum absolute atomic E-state index is 5.16. The van der Waals surface area contributed by atoms with Gasteiger partial charge in [-0.1, -0.05) is 19.0 Å². The fourth-order valence-corrected chi connectivity index (χ4v) is 2.39. The third kappa shape index (κ3) is 3.29. The molecule has 1 aromatic rings. The molecule has 2 heterocycles. The summed E-state index contributed by atoms with van der Waals surface area (Å²) in [5.41, 5.74) is 0. The Kier molecular flexibility index (Phi) is 4.35. The number of nitrogens with zero attached hydrogens (tertiary/aromatic N) is 3. The van der Waals surface area contributed by atoms with Crippen molar-refractivity contribution >= 4 is 0 Å². The maximum Gasteiger partial charge on any atom is 0.227 e. The summed E-state index contributed by atoms with van der Waals surface area (Å²) in [6.45, 7) is 11.8. The molecular weight excluding hydrogens is 228 g/mol. The Labute approximate surface area is 109 Å². The van der Waals surface area contributed by atoms with Crippen LogP contribution in [-0.4, -0.2) is 46.8 Å². The second-order valence-corrected chi connectivity index (χ2v) is 5.59. The average Bonchev–Trinajstić information content (AvgIpc) is 2.74. The van der Waals surface area contributed by atoms with Crippen molar-refractivity contribution in [3.63, 3.8) is 0 Å². The minimum atomic E-state index is 0.573. The Morgan fingerprint density at radius 1 is 1.50 bits per heavy atom. The molecule has 1 aliphatic heterocycles. The van der Waals surface area contributed by atoms with Gasteiger partial charge in [0.2, 0.25) is 5.89 Å². The summed E-state index contributed by atoms with van der Waals surface area (Å²) >= 11 is 0. The zero-order valence-corrected chi connectivity index (χ0v) is 11.8. The van der Waals surface area contributed by atoms with Crippen molar-refractivity contribution in [3.05, 3.63) is 11.7 Å². The SMILES string of the molecule is Cc1noc(CCN2CC(C(C)C)NCC2C)n1. The van der Waals surface area contributed by atoms with Crippen LogP contribution in [0, 0.1) is 12.8 Å². The van der Waals surface area contributed by atoms with E-state index >= 15 is 0 Å². The van der Waals surface area contributed by atoms with E-state index in [0.29, 0.717) is 18.0 Å². The van der Waals surface area contributed by atoms with Crippen LogP contribution >= 0.6 is 0 Å². The Bertz CT molecular complexity index is 377. The molecule has 1 aliphatic rings. The molecule has 2 unspecified atom stereocenters. The Morgan fingerprint density at radius 2 is 2.28 bits per heavy atom. The van der Waals surface area contributed by atoms with Gasteiger partial charge in [-0.2, -0.15) is 4.98 Å². The topological polar surface area (TPSA) is 54.2 Å². The smallest absolute Gasteiger partial charge is 0.227 e. The molecule has 18 heavy (non-hydrogen) atoms. The van der Waals surface area contributed by atoms with E-state index in [9.17, 15) is 0 Å². The summed E-state index contributed by atoms with van der Waals surface area (Å²) in [5, 5.41) is 7.43. The minimum Gasteiger partial charge on any atom is -0.339 e. The second-order valence-electron chi connectivity index (χ2n) is 5.59. The fourth-order valence-electron chi connectivity index (χ4n) is 2.39. The molecule has 1 fully saturated rings. The normalized spacial score (nSPS) is 25.8. The first-order valence-corrected chi connectivity index (χ1v) is 6.83. The van der Waals surface area contributed by atoms with E-state index in [1.165, 1.54) is 0 Å². The molecule has 1 saturated heterocycles. The van der Waals surface area contributed by atoms with Crippen LogP contribution in [-0.2, 0) is 6.42 Å². The number of rotatable bonds is 4. The first kappa shape index (κ1) is 13.5. The summed E-state index contributed by atoms with van der Waals surface area (Å²) in [6, 6.07) is 1.16. The van der Waals surface area contributed by atoms with Crippen molar-refractivity contribution in [1.29, 1.82) is 0 Å². The van der Waals surface area contributed by atoms with Gasteiger partial charge in [-0.25, -0.2) is 0 Å². The highest BCUT2D eigenvalue weighted by atomic mass is 16.5. The molecule has 0 saturated carbocycles. The number of nitrogens with one attached hydrogen (secondary N) is 1. The molecule has 0 bridgehead atoms. The van der Waals surface area contributed by atoms with E-state index in [1.807, 2.05) is 6.92 Å². The monoisotopic (exact) mass is 252 g/mol.